The van der Waals surface area contributed by atoms with Gasteiger partial charge < -0.3 is 10.2 Å². The van der Waals surface area contributed by atoms with E-state index >= 15 is 0 Å². The molecule has 1 aromatic carbocycles. The number of amides is 2. The second-order valence-corrected chi connectivity index (χ2v) is 7.68. The molecule has 2 N–H and O–H groups in total. The Balaban J connectivity index is 1.56. The third kappa shape index (κ3) is 3.02. The van der Waals surface area contributed by atoms with Crippen LogP contribution in [0, 0.1) is 0 Å². The van der Waals surface area contributed by atoms with Gasteiger partial charge in [-0.05, 0) is 55.5 Å². The van der Waals surface area contributed by atoms with Crippen molar-refractivity contribution in [1.29, 1.82) is 0 Å². The van der Waals surface area contributed by atoms with Crippen molar-refractivity contribution in [3.8, 4) is 11.8 Å². The monoisotopic (exact) mass is 383 g/mol. The van der Waals surface area contributed by atoms with Crippen LogP contribution in [0.5, 0.6) is 11.8 Å². The highest BCUT2D eigenvalue weighted by Crippen LogP contribution is 2.35. The number of hydrogen-bond acceptors (Lipinski definition) is 5. The molecule has 4 rings (SSSR count). The summed E-state index contributed by atoms with van der Waals surface area (Å²) in [6.45, 7) is 0. The molecule has 27 heavy (non-hydrogen) atoms. The van der Waals surface area contributed by atoms with Crippen molar-refractivity contribution in [3.05, 3.63) is 45.1 Å². The van der Waals surface area contributed by atoms with Crippen molar-refractivity contribution in [1.82, 2.24) is 4.57 Å². The smallest absolute Gasteiger partial charge is 0.305 e. The minimum atomic E-state index is -0.686. The number of rotatable bonds is 2. The van der Waals surface area contributed by atoms with E-state index in [1.54, 1.807) is 0 Å². The summed E-state index contributed by atoms with van der Waals surface area (Å²) in [4.78, 5) is 26.2. The Morgan fingerprint density at radius 1 is 1.00 bits per heavy atom. The minimum absolute atomic E-state index is 0.0973. The molecule has 2 heterocycles. The Morgan fingerprint density at radius 2 is 1.70 bits per heavy atom. The van der Waals surface area contributed by atoms with Gasteiger partial charge in [0, 0.05) is 28.3 Å². The molecule has 0 bridgehead atoms. The Hall–Kier alpha value is -3.00. The van der Waals surface area contributed by atoms with Crippen LogP contribution in [-0.2, 0) is 19.9 Å². The lowest BCUT2D eigenvalue weighted by Crippen LogP contribution is -1.97. The van der Waals surface area contributed by atoms with Gasteiger partial charge in [0.05, 0.1) is 4.88 Å². The van der Waals surface area contributed by atoms with E-state index in [4.69, 9.17) is 0 Å². The van der Waals surface area contributed by atoms with Gasteiger partial charge in [-0.3, -0.25) is 14.2 Å². The zero-order valence-electron chi connectivity index (χ0n) is 14.6. The van der Waals surface area contributed by atoms with E-state index in [1.165, 1.54) is 51.6 Å². The molecule has 7 nitrogen and oxygen atoms in total. The van der Waals surface area contributed by atoms with Gasteiger partial charge in [0.2, 0.25) is 11.8 Å². The molecule has 3 aromatic rings. The van der Waals surface area contributed by atoms with Gasteiger partial charge in [0.1, 0.15) is 0 Å². The minimum Gasteiger partial charge on any atom is -0.494 e. The maximum absolute atomic E-state index is 12.3. The van der Waals surface area contributed by atoms with E-state index in [2.05, 4.69) is 10.2 Å². The third-order valence-electron chi connectivity index (χ3n) is 4.82. The number of azo groups is 1. The number of fused-ring (bicyclic) bond motifs is 2. The van der Waals surface area contributed by atoms with Crippen LogP contribution >= 0.6 is 11.3 Å². The van der Waals surface area contributed by atoms with Crippen molar-refractivity contribution in [2.75, 3.05) is 0 Å². The first-order valence-electron chi connectivity index (χ1n) is 8.58. The van der Waals surface area contributed by atoms with Gasteiger partial charge in [-0.15, -0.1) is 21.6 Å². The largest absolute Gasteiger partial charge is 0.494 e. The number of nitrogens with zero attached hydrogens (tertiary/aromatic N) is 3. The molecule has 2 amide bonds. The Kier molecular flexibility index (Phi) is 4.27. The molecule has 1 aliphatic rings. The zero-order valence-corrected chi connectivity index (χ0v) is 15.4. The standard InChI is InChI=1S/C19H17N3O4S/c1-22-18(25)12-7-6-11(8-13(12)19(22)26)16(23)20-21-17(24)15-9-10-4-2-3-5-14(10)27-15/h6-9,25-26H,2-5H2,1H3. The summed E-state index contributed by atoms with van der Waals surface area (Å²) in [5.41, 5.74) is 1.37. The molecule has 0 spiro atoms. The average Bonchev–Trinajstić information content (AvgIpc) is 3.21. The van der Waals surface area contributed by atoms with Crippen LogP contribution in [0.1, 0.15) is 43.3 Å². The molecule has 1 aliphatic carbocycles. The first kappa shape index (κ1) is 17.4. The number of aromatic nitrogens is 1. The van der Waals surface area contributed by atoms with Crippen molar-refractivity contribution in [3.63, 3.8) is 0 Å². The quantitative estimate of drug-likeness (QED) is 0.654. The summed E-state index contributed by atoms with van der Waals surface area (Å²) < 4.78 is 1.21. The molecule has 0 fully saturated rings. The molecule has 8 heteroatoms. The number of hydrogen-bond donors (Lipinski definition) is 2. The third-order valence-corrected chi connectivity index (χ3v) is 6.05. The summed E-state index contributed by atoms with van der Waals surface area (Å²) >= 11 is 1.42. The van der Waals surface area contributed by atoms with Crippen LogP contribution in [-0.4, -0.2) is 26.6 Å². The molecule has 0 unspecified atom stereocenters. The van der Waals surface area contributed by atoms with Gasteiger partial charge in [0.25, 0.3) is 5.91 Å². The second kappa shape index (κ2) is 6.62. The number of carbonyl (C=O) groups excluding carboxylic acids is 2. The maximum atomic E-state index is 12.3. The van der Waals surface area contributed by atoms with Crippen molar-refractivity contribution >= 4 is 33.9 Å². The maximum Gasteiger partial charge on any atom is 0.305 e. The molecular formula is C19H17N3O4S. The van der Waals surface area contributed by atoms with E-state index in [0.717, 1.165) is 25.7 Å². The summed E-state index contributed by atoms with van der Waals surface area (Å²) in [5, 5.41) is 27.8. The van der Waals surface area contributed by atoms with Gasteiger partial charge in [-0.25, -0.2) is 0 Å². The van der Waals surface area contributed by atoms with Crippen molar-refractivity contribution in [2.45, 2.75) is 25.7 Å². The molecular weight excluding hydrogens is 366 g/mol. The fourth-order valence-corrected chi connectivity index (χ4v) is 4.45. The van der Waals surface area contributed by atoms with Crippen LogP contribution in [0.4, 0.5) is 0 Å². The summed E-state index contributed by atoms with van der Waals surface area (Å²) in [6, 6.07) is 6.25. The normalized spacial score (nSPS) is 14.0. The van der Waals surface area contributed by atoms with Gasteiger partial charge >= 0.3 is 5.91 Å². The summed E-state index contributed by atoms with van der Waals surface area (Å²) in [5.74, 6) is -1.47. The van der Waals surface area contributed by atoms with E-state index in [-0.39, 0.29) is 17.3 Å². The number of benzene rings is 1. The lowest BCUT2D eigenvalue weighted by atomic mass is 9.99. The molecule has 2 aromatic heterocycles. The molecule has 0 saturated heterocycles. The Labute approximate surface area is 158 Å². The molecule has 0 saturated carbocycles. The Bertz CT molecular complexity index is 1090. The summed E-state index contributed by atoms with van der Waals surface area (Å²) in [6.07, 6.45) is 4.21. The van der Waals surface area contributed by atoms with Crippen LogP contribution in [0.25, 0.3) is 10.8 Å². The number of thiophene rings is 1. The van der Waals surface area contributed by atoms with E-state index in [0.29, 0.717) is 15.6 Å². The molecule has 0 radical (unpaired) electrons. The average molecular weight is 383 g/mol. The van der Waals surface area contributed by atoms with Crippen LogP contribution in [0.3, 0.4) is 0 Å². The fraction of sp³-hybridized carbons (Fsp3) is 0.263. The predicted octanol–water partition coefficient (Wildman–Crippen LogP) is 3.96. The SMILES string of the molecule is Cn1c(O)c2ccc(C(=O)N=NC(=O)c3cc4c(s3)CCCC4)cc2c1O. The lowest BCUT2D eigenvalue weighted by Gasteiger charge is -2.08. The molecule has 138 valence electrons. The van der Waals surface area contributed by atoms with Gasteiger partial charge in [0.15, 0.2) is 0 Å². The highest BCUT2D eigenvalue weighted by Gasteiger charge is 2.18. The first-order chi connectivity index (χ1) is 13.0. The van der Waals surface area contributed by atoms with Crippen LogP contribution in [0.2, 0.25) is 0 Å². The van der Waals surface area contributed by atoms with E-state index < -0.39 is 11.8 Å². The zero-order chi connectivity index (χ0) is 19.1. The number of aryl methyl sites for hydroxylation is 2. The highest BCUT2D eigenvalue weighted by atomic mass is 32.1. The second-order valence-electron chi connectivity index (χ2n) is 6.54. The van der Waals surface area contributed by atoms with Crippen LogP contribution < -0.4 is 0 Å². The van der Waals surface area contributed by atoms with E-state index in [9.17, 15) is 19.8 Å². The van der Waals surface area contributed by atoms with Crippen LogP contribution in [0.15, 0.2) is 34.5 Å². The first-order valence-corrected chi connectivity index (χ1v) is 9.39. The Morgan fingerprint density at radius 3 is 2.48 bits per heavy atom. The molecule has 0 aliphatic heterocycles. The topological polar surface area (TPSA) is 104 Å². The highest BCUT2D eigenvalue weighted by molar-refractivity contribution is 7.14. The van der Waals surface area contributed by atoms with Gasteiger partial charge in [-0.1, -0.05) is 0 Å². The summed E-state index contributed by atoms with van der Waals surface area (Å²) in [7, 11) is 1.51. The lowest BCUT2D eigenvalue weighted by molar-refractivity contribution is 0.0949. The van der Waals surface area contributed by atoms with Gasteiger partial charge in [-0.2, -0.15) is 0 Å². The van der Waals surface area contributed by atoms with Crippen molar-refractivity contribution in [2.24, 2.45) is 17.3 Å². The van der Waals surface area contributed by atoms with E-state index in [1.807, 2.05) is 6.07 Å². The van der Waals surface area contributed by atoms with Crippen molar-refractivity contribution < 1.29 is 19.8 Å². The molecule has 0 atom stereocenters. The fourth-order valence-electron chi connectivity index (χ4n) is 3.31. The number of carbonyl (C=O) groups is 2. The predicted molar refractivity (Wildman–Crippen MR) is 101 cm³/mol. The number of aromatic hydroxyl groups is 2.